The van der Waals surface area contributed by atoms with Crippen LogP contribution in [0.5, 0.6) is 0 Å². The van der Waals surface area contributed by atoms with Crippen molar-refractivity contribution in [1.82, 2.24) is 0 Å². The highest BCUT2D eigenvalue weighted by molar-refractivity contribution is 7.91. The van der Waals surface area contributed by atoms with Crippen molar-refractivity contribution < 1.29 is 13.2 Å². The Morgan fingerprint density at radius 2 is 1.94 bits per heavy atom. The number of allylic oxidation sites excluding steroid dienone is 1. The van der Waals surface area contributed by atoms with Gasteiger partial charge in [0.1, 0.15) is 0 Å². The minimum absolute atomic E-state index is 0.156. The summed E-state index contributed by atoms with van der Waals surface area (Å²) in [6, 6.07) is 8.97. The molecule has 4 aliphatic carbocycles. The summed E-state index contributed by atoms with van der Waals surface area (Å²) in [6.07, 6.45) is 12.2. The topological polar surface area (TPSA) is 43.4 Å². The first kappa shape index (κ1) is 23.4. The van der Waals surface area contributed by atoms with Gasteiger partial charge in [-0.25, -0.2) is 8.42 Å². The Kier molecular flexibility index (Phi) is 5.93. The second kappa shape index (κ2) is 8.37. The quantitative estimate of drug-likeness (QED) is 0.423. The number of rotatable bonds is 7. The lowest BCUT2D eigenvalue weighted by atomic mass is 9.61. The third-order valence-electron chi connectivity index (χ3n) is 10.0. The molecular weight excluding hydrogens is 428 g/mol. The smallest absolute Gasteiger partial charge is 0.178 e. The maximum Gasteiger partial charge on any atom is 0.178 e. The molecular formula is C29H40O3S. The number of sulfone groups is 1. The molecule has 0 unspecified atom stereocenters. The predicted octanol–water partition coefficient (Wildman–Crippen LogP) is 6.61. The highest BCUT2D eigenvalue weighted by atomic mass is 32.2. The number of ether oxygens (including phenoxy) is 1. The van der Waals surface area contributed by atoms with Gasteiger partial charge >= 0.3 is 0 Å². The Morgan fingerprint density at radius 3 is 2.58 bits per heavy atom. The van der Waals surface area contributed by atoms with Gasteiger partial charge in [-0.2, -0.15) is 0 Å². The molecule has 1 aromatic rings. The Balaban J connectivity index is 1.36. The van der Waals surface area contributed by atoms with Gasteiger partial charge in [-0.05, 0) is 92.6 Å². The van der Waals surface area contributed by atoms with E-state index in [1.54, 1.807) is 17.7 Å². The van der Waals surface area contributed by atoms with E-state index in [0.29, 0.717) is 16.7 Å². The Morgan fingerprint density at radius 1 is 1.18 bits per heavy atom. The fourth-order valence-corrected chi connectivity index (χ4v) is 9.98. The van der Waals surface area contributed by atoms with Crippen LogP contribution in [0.25, 0.3) is 0 Å². The lowest BCUT2D eigenvalue weighted by Crippen LogP contribution is -2.38. The van der Waals surface area contributed by atoms with Crippen molar-refractivity contribution in [3.63, 3.8) is 0 Å². The van der Waals surface area contributed by atoms with E-state index in [1.165, 1.54) is 37.7 Å². The third kappa shape index (κ3) is 3.76. The summed E-state index contributed by atoms with van der Waals surface area (Å²) in [5.41, 5.74) is 3.36. The van der Waals surface area contributed by atoms with Gasteiger partial charge in [0.2, 0.25) is 0 Å². The molecule has 4 fully saturated rings. The first-order chi connectivity index (χ1) is 15.7. The van der Waals surface area contributed by atoms with Crippen LogP contribution in [-0.4, -0.2) is 27.4 Å². The average molecular weight is 469 g/mol. The Labute approximate surface area is 200 Å². The average Bonchev–Trinajstić information content (AvgIpc) is 3.29. The zero-order chi connectivity index (χ0) is 23.4. The lowest BCUT2D eigenvalue weighted by Gasteiger charge is -2.44. The molecule has 4 saturated carbocycles. The Hall–Kier alpha value is -1.39. The molecule has 0 heterocycles. The van der Waals surface area contributed by atoms with Gasteiger partial charge < -0.3 is 4.74 Å². The maximum absolute atomic E-state index is 13.1. The maximum atomic E-state index is 13.1. The van der Waals surface area contributed by atoms with Crippen LogP contribution < -0.4 is 0 Å². The highest BCUT2D eigenvalue weighted by Gasteiger charge is 2.63. The molecule has 180 valence electrons. The zero-order valence-corrected chi connectivity index (χ0v) is 21.4. The van der Waals surface area contributed by atoms with Crippen molar-refractivity contribution in [3.05, 3.63) is 54.1 Å². The minimum Gasteiger partial charge on any atom is -0.376 e. The summed E-state index contributed by atoms with van der Waals surface area (Å²) < 4.78 is 32.3. The van der Waals surface area contributed by atoms with Gasteiger partial charge in [0.25, 0.3) is 0 Å². The zero-order valence-electron chi connectivity index (χ0n) is 20.6. The van der Waals surface area contributed by atoms with Crippen LogP contribution >= 0.6 is 0 Å². The van der Waals surface area contributed by atoms with Crippen LogP contribution in [0.1, 0.15) is 65.2 Å². The SMILES string of the molecule is C=C1CC[C@@H]2C[C@]12[C@H](/C=C1\CCC[C@]2(C)[C@@H]([C@H](C)CS(=O)(=O)c3ccccc3)CC[C@@H]12)OC. The van der Waals surface area contributed by atoms with E-state index in [9.17, 15) is 8.42 Å². The van der Waals surface area contributed by atoms with Gasteiger partial charge in [0, 0.05) is 12.5 Å². The summed E-state index contributed by atoms with van der Waals surface area (Å²) in [4.78, 5) is 0.457. The van der Waals surface area contributed by atoms with E-state index in [0.717, 1.165) is 25.2 Å². The van der Waals surface area contributed by atoms with E-state index in [-0.39, 0.29) is 28.6 Å². The number of hydrogen-bond acceptors (Lipinski definition) is 3. The number of methoxy groups -OCH3 is 1. The number of fused-ring (bicyclic) bond motifs is 2. The second-order valence-corrected chi connectivity index (χ2v) is 13.7. The van der Waals surface area contributed by atoms with Crippen molar-refractivity contribution in [3.8, 4) is 0 Å². The van der Waals surface area contributed by atoms with Crippen LogP contribution in [0.4, 0.5) is 0 Å². The predicted molar refractivity (Wildman–Crippen MR) is 134 cm³/mol. The van der Waals surface area contributed by atoms with Crippen LogP contribution in [-0.2, 0) is 14.6 Å². The molecule has 4 aliphatic rings. The van der Waals surface area contributed by atoms with E-state index in [2.05, 4.69) is 26.5 Å². The van der Waals surface area contributed by atoms with Crippen molar-refractivity contribution in [2.24, 2.45) is 34.5 Å². The van der Waals surface area contributed by atoms with Crippen LogP contribution in [0.2, 0.25) is 0 Å². The van der Waals surface area contributed by atoms with E-state index in [1.807, 2.05) is 25.3 Å². The van der Waals surface area contributed by atoms with Crippen LogP contribution in [0, 0.1) is 34.5 Å². The van der Waals surface area contributed by atoms with Gasteiger partial charge in [0.15, 0.2) is 9.84 Å². The number of hydrogen-bond donors (Lipinski definition) is 0. The van der Waals surface area contributed by atoms with E-state index >= 15 is 0 Å². The minimum atomic E-state index is -3.26. The van der Waals surface area contributed by atoms with Gasteiger partial charge in [0.05, 0.1) is 16.8 Å². The molecule has 0 saturated heterocycles. The highest BCUT2D eigenvalue weighted by Crippen LogP contribution is 2.69. The molecule has 1 aromatic carbocycles. The van der Waals surface area contributed by atoms with Crippen molar-refractivity contribution in [1.29, 1.82) is 0 Å². The lowest BCUT2D eigenvalue weighted by molar-refractivity contribution is 0.0813. The van der Waals surface area contributed by atoms with Crippen LogP contribution in [0.15, 0.2) is 59.0 Å². The first-order valence-corrected chi connectivity index (χ1v) is 14.6. The summed E-state index contributed by atoms with van der Waals surface area (Å²) in [5.74, 6) is 2.16. The molecule has 33 heavy (non-hydrogen) atoms. The van der Waals surface area contributed by atoms with Crippen LogP contribution in [0.3, 0.4) is 0 Å². The molecule has 0 amide bonds. The second-order valence-electron chi connectivity index (χ2n) is 11.6. The monoisotopic (exact) mass is 468 g/mol. The van der Waals surface area contributed by atoms with Crippen molar-refractivity contribution >= 4 is 9.84 Å². The fourth-order valence-electron chi connectivity index (χ4n) is 8.29. The summed E-state index contributed by atoms with van der Waals surface area (Å²) >= 11 is 0. The van der Waals surface area contributed by atoms with Crippen molar-refractivity contribution in [2.75, 3.05) is 12.9 Å². The van der Waals surface area contributed by atoms with Gasteiger partial charge in [-0.15, -0.1) is 0 Å². The molecule has 3 nitrogen and oxygen atoms in total. The van der Waals surface area contributed by atoms with Gasteiger partial charge in [-0.3, -0.25) is 0 Å². The first-order valence-electron chi connectivity index (χ1n) is 12.9. The fraction of sp³-hybridized carbons (Fsp3) is 0.655. The number of benzene rings is 1. The van der Waals surface area contributed by atoms with Gasteiger partial charge in [-0.1, -0.05) is 55.8 Å². The van der Waals surface area contributed by atoms with E-state index < -0.39 is 9.84 Å². The Bertz CT molecular complexity index is 1040. The molecule has 4 heteroatoms. The summed E-state index contributed by atoms with van der Waals surface area (Å²) in [5, 5.41) is 0. The van der Waals surface area contributed by atoms with E-state index in [4.69, 9.17) is 4.74 Å². The molecule has 0 N–H and O–H groups in total. The molecule has 0 aliphatic heterocycles. The molecule has 0 spiro atoms. The largest absolute Gasteiger partial charge is 0.376 e. The molecule has 0 bridgehead atoms. The molecule has 0 aromatic heterocycles. The standard InChI is InChI=1S/C29H40O3S/c1-20(19-33(30,31)24-10-6-5-7-11-24)25-14-15-26-22(9-8-16-28(25,26)3)17-27(32-4)29-18-23(29)13-12-21(29)2/h5-7,10-11,17,20,23,25-27H,2,8-9,12-16,18-19H2,1,3-4H3/b22-17+/t20-,23-,25-,26+,27+,28-,29+/m1/s1. The molecule has 5 rings (SSSR count). The third-order valence-corrected chi connectivity index (χ3v) is 12.0. The summed E-state index contributed by atoms with van der Waals surface area (Å²) in [6.45, 7) is 9.04. The normalized spacial score (nSPS) is 38.7. The molecule has 0 radical (unpaired) electrons. The van der Waals surface area contributed by atoms with Crippen molar-refractivity contribution in [2.45, 2.75) is 76.2 Å². The molecule has 7 atom stereocenters. The summed E-state index contributed by atoms with van der Waals surface area (Å²) in [7, 11) is -1.39.